The van der Waals surface area contributed by atoms with Gasteiger partial charge in [0.15, 0.2) is 0 Å². The number of carbonyl (C=O) groups is 1. The Labute approximate surface area is 64.4 Å². The van der Waals surface area contributed by atoms with Crippen molar-refractivity contribution in [2.24, 2.45) is 0 Å². The van der Waals surface area contributed by atoms with Gasteiger partial charge in [-0.15, -0.1) is 0 Å². The largest absolute Gasteiger partial charge is 0.468 e. The quantitative estimate of drug-likeness (QED) is 0.501. The highest BCUT2D eigenvalue weighted by molar-refractivity contribution is 9.10. The average molecular weight is 215 g/mol. The molecule has 0 aliphatic rings. The topological polar surface area (TPSA) is 43.4 Å². The molecule has 0 bridgehead atoms. The van der Waals surface area contributed by atoms with Gasteiger partial charge in [0.2, 0.25) is 0 Å². The Kier molecular flexibility index (Phi) is 4.99. The summed E-state index contributed by atoms with van der Waals surface area (Å²) in [5.74, 6) is -0.463. The molecule has 3 nitrogen and oxygen atoms in total. The first kappa shape index (κ1) is 9.10. The number of carbonyl (C=O) groups excluding carboxylic acids is 1. The number of halogens is 1. The van der Waals surface area contributed by atoms with Gasteiger partial charge in [-0.3, -0.25) is 9.00 Å². The van der Waals surface area contributed by atoms with Crippen LogP contribution in [0.4, 0.5) is 0 Å². The molecule has 0 aromatic carbocycles. The van der Waals surface area contributed by atoms with E-state index in [-0.39, 0.29) is 5.75 Å². The molecule has 1 atom stereocenters. The van der Waals surface area contributed by atoms with Gasteiger partial charge in [-0.25, -0.2) is 0 Å². The van der Waals surface area contributed by atoms with Crippen LogP contribution in [0, 0.1) is 0 Å². The van der Waals surface area contributed by atoms with Crippen LogP contribution >= 0.6 is 15.9 Å². The zero-order chi connectivity index (χ0) is 7.28. The van der Waals surface area contributed by atoms with Crippen LogP contribution in [-0.2, 0) is 20.3 Å². The molecule has 5 heteroatoms. The number of alkyl halides is 1. The molecule has 0 radical (unpaired) electrons. The number of rotatable bonds is 3. The molecular weight excluding hydrogens is 208 g/mol. The third kappa shape index (κ3) is 4.59. The van der Waals surface area contributed by atoms with E-state index in [0.717, 1.165) is 0 Å². The summed E-state index contributed by atoms with van der Waals surface area (Å²) in [5, 5.41) is 0. The fraction of sp³-hybridized carbons (Fsp3) is 0.750. The number of esters is 1. The smallest absolute Gasteiger partial charge is 0.318 e. The summed E-state index contributed by atoms with van der Waals surface area (Å²) in [7, 11) is 0.157. The lowest BCUT2D eigenvalue weighted by Gasteiger charge is -1.94. The van der Waals surface area contributed by atoms with Gasteiger partial charge < -0.3 is 4.74 Å². The van der Waals surface area contributed by atoms with Crippen LogP contribution in [0.3, 0.4) is 0 Å². The molecule has 0 aliphatic heterocycles. The van der Waals surface area contributed by atoms with Gasteiger partial charge in [0.25, 0.3) is 0 Å². The van der Waals surface area contributed by atoms with Crippen molar-refractivity contribution < 1.29 is 13.7 Å². The molecule has 1 unspecified atom stereocenters. The predicted octanol–water partition coefficient (Wildman–Crippen LogP) is 0.261. The monoisotopic (exact) mass is 214 g/mol. The van der Waals surface area contributed by atoms with Crippen LogP contribution in [0.2, 0.25) is 0 Å². The minimum absolute atomic E-state index is 0.0260. The molecular formula is C4H7BrO3S. The maximum atomic E-state index is 10.5. The van der Waals surface area contributed by atoms with E-state index in [9.17, 15) is 9.00 Å². The Bertz CT molecular complexity index is 111. The minimum atomic E-state index is -1.11. The average Bonchev–Trinajstić information content (AvgIpc) is 1.87. The lowest BCUT2D eigenvalue weighted by Crippen LogP contribution is -2.12. The molecule has 0 aromatic rings. The number of hydrogen-bond acceptors (Lipinski definition) is 3. The molecule has 0 heterocycles. The van der Waals surface area contributed by atoms with Crippen LogP contribution in [0.5, 0.6) is 0 Å². The maximum absolute atomic E-state index is 10.5. The van der Waals surface area contributed by atoms with Gasteiger partial charge in [0.05, 0.1) is 11.8 Å². The third-order valence-corrected chi connectivity index (χ3v) is 2.96. The lowest BCUT2D eigenvalue weighted by atomic mass is 10.8. The number of ether oxygens (including phenoxy) is 1. The summed E-state index contributed by atoms with van der Waals surface area (Å²) in [5.41, 5.74) is 0. The van der Waals surface area contributed by atoms with Crippen LogP contribution in [0.25, 0.3) is 0 Å². The van der Waals surface area contributed by atoms with Gasteiger partial charge >= 0.3 is 5.97 Å². The Morgan fingerprint density at radius 2 is 2.33 bits per heavy atom. The van der Waals surface area contributed by atoms with Crippen LogP contribution < -0.4 is 0 Å². The Morgan fingerprint density at radius 1 is 1.78 bits per heavy atom. The Balaban J connectivity index is 3.47. The molecule has 54 valence electrons. The normalized spacial score (nSPS) is 12.7. The lowest BCUT2D eigenvalue weighted by molar-refractivity contribution is -0.137. The SMILES string of the molecule is COC(=O)CS(=O)CBr. The van der Waals surface area contributed by atoms with E-state index in [2.05, 4.69) is 20.7 Å². The first-order valence-corrected chi connectivity index (χ1v) is 4.79. The summed E-state index contributed by atoms with van der Waals surface area (Å²) in [6, 6.07) is 0. The van der Waals surface area contributed by atoms with Crippen LogP contribution in [0.15, 0.2) is 0 Å². The highest BCUT2D eigenvalue weighted by Gasteiger charge is 2.04. The van der Waals surface area contributed by atoms with E-state index in [0.29, 0.717) is 4.66 Å². The van der Waals surface area contributed by atoms with Crippen molar-refractivity contribution in [2.45, 2.75) is 0 Å². The first-order valence-electron chi connectivity index (χ1n) is 2.18. The summed E-state index contributed by atoms with van der Waals surface area (Å²) in [4.78, 5) is 10.3. The molecule has 0 spiro atoms. The molecule has 0 amide bonds. The maximum Gasteiger partial charge on any atom is 0.318 e. The zero-order valence-corrected chi connectivity index (χ0v) is 7.33. The Morgan fingerprint density at radius 3 is 2.67 bits per heavy atom. The van der Waals surface area contributed by atoms with Gasteiger partial charge in [0, 0.05) is 10.8 Å². The fourth-order valence-electron chi connectivity index (χ4n) is 0.229. The van der Waals surface area contributed by atoms with Crippen molar-refractivity contribution in [1.82, 2.24) is 0 Å². The fourth-order valence-corrected chi connectivity index (χ4v) is 1.17. The molecule has 0 saturated carbocycles. The molecule has 0 N–H and O–H groups in total. The third-order valence-electron chi connectivity index (χ3n) is 0.628. The summed E-state index contributed by atoms with van der Waals surface area (Å²) in [6.45, 7) is 0. The van der Waals surface area contributed by atoms with Gasteiger partial charge in [-0.2, -0.15) is 0 Å². The standard InChI is InChI=1S/C4H7BrO3S/c1-8-4(6)2-9(7)3-5/h2-3H2,1H3. The minimum Gasteiger partial charge on any atom is -0.468 e. The molecule has 0 saturated heterocycles. The number of methoxy groups -OCH3 is 1. The second-order valence-electron chi connectivity index (χ2n) is 1.27. The van der Waals surface area contributed by atoms with Crippen LogP contribution in [0.1, 0.15) is 0 Å². The second kappa shape index (κ2) is 4.93. The highest BCUT2D eigenvalue weighted by atomic mass is 79.9. The molecule has 0 aliphatic carbocycles. The van der Waals surface area contributed by atoms with Gasteiger partial charge in [-0.1, -0.05) is 15.9 Å². The zero-order valence-electron chi connectivity index (χ0n) is 4.93. The highest BCUT2D eigenvalue weighted by Crippen LogP contribution is 1.89. The van der Waals surface area contributed by atoms with E-state index in [1.165, 1.54) is 7.11 Å². The van der Waals surface area contributed by atoms with Gasteiger partial charge in [0.1, 0.15) is 5.75 Å². The molecule has 0 fully saturated rings. The summed E-state index contributed by atoms with van der Waals surface area (Å²) in [6.07, 6.45) is 0. The van der Waals surface area contributed by atoms with Crippen molar-refractivity contribution >= 4 is 32.7 Å². The molecule has 9 heavy (non-hydrogen) atoms. The Hall–Kier alpha value is 0.1000. The second-order valence-corrected chi connectivity index (χ2v) is 4.03. The van der Waals surface area contributed by atoms with Crippen molar-refractivity contribution in [1.29, 1.82) is 0 Å². The van der Waals surface area contributed by atoms with Crippen LogP contribution in [-0.4, -0.2) is 27.7 Å². The van der Waals surface area contributed by atoms with Crippen molar-refractivity contribution in [2.75, 3.05) is 17.5 Å². The molecule has 0 rings (SSSR count). The van der Waals surface area contributed by atoms with Crippen molar-refractivity contribution in [3.05, 3.63) is 0 Å². The first-order chi connectivity index (χ1) is 4.20. The molecule has 0 aromatic heterocycles. The van der Waals surface area contributed by atoms with Crippen molar-refractivity contribution in [3.8, 4) is 0 Å². The summed E-state index contributed by atoms with van der Waals surface area (Å²) >= 11 is 2.96. The van der Waals surface area contributed by atoms with Gasteiger partial charge in [-0.05, 0) is 0 Å². The predicted molar refractivity (Wildman–Crippen MR) is 38.8 cm³/mol. The van der Waals surface area contributed by atoms with Crippen molar-refractivity contribution in [3.63, 3.8) is 0 Å². The number of hydrogen-bond donors (Lipinski definition) is 0. The van der Waals surface area contributed by atoms with E-state index in [1.807, 2.05) is 0 Å². The van der Waals surface area contributed by atoms with E-state index in [1.54, 1.807) is 0 Å². The van der Waals surface area contributed by atoms with E-state index >= 15 is 0 Å². The summed E-state index contributed by atoms with van der Waals surface area (Å²) < 4.78 is 15.1. The van der Waals surface area contributed by atoms with E-state index in [4.69, 9.17) is 0 Å². The van der Waals surface area contributed by atoms with E-state index < -0.39 is 16.8 Å².